The van der Waals surface area contributed by atoms with Crippen LogP contribution in [0, 0.1) is 0 Å². The summed E-state index contributed by atoms with van der Waals surface area (Å²) >= 11 is 1.53. The molecule has 3 rings (SSSR count). The molecule has 1 aromatic heterocycles. The number of nitrogens with zero attached hydrogens (tertiary/aromatic N) is 1. The largest absolute Gasteiger partial charge is 0.376 e. The summed E-state index contributed by atoms with van der Waals surface area (Å²) in [5, 5.41) is 5.86. The van der Waals surface area contributed by atoms with Gasteiger partial charge in [-0.3, -0.25) is 0 Å². The third-order valence-electron chi connectivity index (χ3n) is 3.65. The van der Waals surface area contributed by atoms with E-state index >= 15 is 0 Å². The Morgan fingerprint density at radius 3 is 2.94 bits per heavy atom. The van der Waals surface area contributed by atoms with Gasteiger partial charge in [0.05, 0.1) is 11.1 Å². The van der Waals surface area contributed by atoms with Crippen molar-refractivity contribution in [3.05, 3.63) is 24.3 Å². The van der Waals surface area contributed by atoms with Gasteiger partial charge in [0.25, 0.3) is 0 Å². The zero-order chi connectivity index (χ0) is 11.7. The predicted octanol–water partition coefficient (Wildman–Crippen LogP) is 3.28. The van der Waals surface area contributed by atoms with E-state index in [1.165, 1.54) is 23.3 Å². The van der Waals surface area contributed by atoms with Crippen molar-refractivity contribution in [1.82, 2.24) is 4.37 Å². The molecule has 0 aliphatic heterocycles. The lowest BCUT2D eigenvalue weighted by Crippen LogP contribution is -2.45. The molecule has 1 N–H and O–H groups in total. The molecular formula is C13H16N2OS. The second kappa shape index (κ2) is 4.27. The van der Waals surface area contributed by atoms with Crippen LogP contribution >= 0.6 is 11.5 Å². The van der Waals surface area contributed by atoms with Gasteiger partial charge in [-0.15, -0.1) is 0 Å². The average molecular weight is 248 g/mol. The Bertz CT molecular complexity index is 513. The maximum absolute atomic E-state index is 5.61. The number of anilines is 1. The number of ether oxygens (including phenoxy) is 1. The molecule has 0 bridgehead atoms. The Morgan fingerprint density at radius 2 is 2.24 bits per heavy atom. The van der Waals surface area contributed by atoms with Crippen LogP contribution in [-0.4, -0.2) is 23.6 Å². The summed E-state index contributed by atoms with van der Waals surface area (Å²) in [6, 6.07) is 8.24. The van der Waals surface area contributed by atoms with Gasteiger partial charge in [-0.1, -0.05) is 12.1 Å². The lowest BCUT2D eigenvalue weighted by molar-refractivity contribution is -0.0600. The van der Waals surface area contributed by atoms with Crippen LogP contribution in [0.4, 0.5) is 5.00 Å². The first kappa shape index (κ1) is 11.0. The Balaban J connectivity index is 1.77. The first-order valence-corrected chi connectivity index (χ1v) is 6.74. The zero-order valence-corrected chi connectivity index (χ0v) is 10.7. The van der Waals surface area contributed by atoms with E-state index in [1.807, 2.05) is 19.2 Å². The fourth-order valence-electron chi connectivity index (χ4n) is 2.28. The predicted molar refractivity (Wildman–Crippen MR) is 71.7 cm³/mol. The fourth-order valence-corrected chi connectivity index (χ4v) is 3.04. The molecule has 4 heteroatoms. The molecular weight excluding hydrogens is 232 g/mol. The molecule has 0 radical (unpaired) electrons. The Hall–Kier alpha value is -1.13. The van der Waals surface area contributed by atoms with E-state index in [-0.39, 0.29) is 5.60 Å². The van der Waals surface area contributed by atoms with E-state index in [0.29, 0.717) is 0 Å². The minimum atomic E-state index is 0.0606. The molecule has 3 nitrogen and oxygen atoms in total. The van der Waals surface area contributed by atoms with Crippen molar-refractivity contribution < 1.29 is 4.74 Å². The highest BCUT2D eigenvalue weighted by atomic mass is 32.1. The third-order valence-corrected chi connectivity index (χ3v) is 4.49. The Morgan fingerprint density at radius 1 is 1.41 bits per heavy atom. The molecule has 1 fully saturated rings. The first-order chi connectivity index (χ1) is 8.33. The van der Waals surface area contributed by atoms with Crippen molar-refractivity contribution in [1.29, 1.82) is 0 Å². The van der Waals surface area contributed by atoms with Crippen LogP contribution in [0.3, 0.4) is 0 Å². The zero-order valence-electron chi connectivity index (χ0n) is 9.90. The van der Waals surface area contributed by atoms with E-state index in [1.54, 1.807) is 0 Å². The molecule has 17 heavy (non-hydrogen) atoms. The van der Waals surface area contributed by atoms with Gasteiger partial charge >= 0.3 is 0 Å². The molecule has 0 saturated heterocycles. The third kappa shape index (κ3) is 1.91. The van der Waals surface area contributed by atoms with Gasteiger partial charge < -0.3 is 10.1 Å². The topological polar surface area (TPSA) is 34.1 Å². The Kier molecular flexibility index (Phi) is 2.76. The second-order valence-corrected chi connectivity index (χ2v) is 5.40. The first-order valence-electron chi connectivity index (χ1n) is 5.96. The van der Waals surface area contributed by atoms with Crippen molar-refractivity contribution in [2.75, 3.05) is 19.0 Å². The van der Waals surface area contributed by atoms with Gasteiger partial charge in [0.1, 0.15) is 5.00 Å². The van der Waals surface area contributed by atoms with Crippen LogP contribution < -0.4 is 5.32 Å². The SMILES string of the molecule is COC1(CNc2snc3ccccc23)CCC1. The summed E-state index contributed by atoms with van der Waals surface area (Å²) < 4.78 is 10.0. The van der Waals surface area contributed by atoms with E-state index in [9.17, 15) is 0 Å². The molecule has 1 saturated carbocycles. The van der Waals surface area contributed by atoms with Crippen LogP contribution in [0.1, 0.15) is 19.3 Å². The molecule has 0 unspecified atom stereocenters. The molecule has 1 aromatic carbocycles. The highest BCUT2D eigenvalue weighted by Gasteiger charge is 2.36. The van der Waals surface area contributed by atoms with Crippen molar-refractivity contribution in [3.8, 4) is 0 Å². The van der Waals surface area contributed by atoms with Gasteiger partial charge in [-0.05, 0) is 42.9 Å². The molecule has 0 spiro atoms. The van der Waals surface area contributed by atoms with Crippen molar-refractivity contribution in [3.63, 3.8) is 0 Å². The van der Waals surface area contributed by atoms with E-state index in [2.05, 4.69) is 21.8 Å². The maximum Gasteiger partial charge on any atom is 0.117 e. The summed E-state index contributed by atoms with van der Waals surface area (Å²) in [5.41, 5.74) is 1.13. The molecule has 0 atom stereocenters. The van der Waals surface area contributed by atoms with Crippen molar-refractivity contribution in [2.24, 2.45) is 0 Å². The van der Waals surface area contributed by atoms with Gasteiger partial charge in [-0.25, -0.2) is 0 Å². The molecule has 0 amide bonds. The number of benzene rings is 1. The van der Waals surface area contributed by atoms with Crippen LogP contribution in [0.25, 0.3) is 10.9 Å². The molecule has 1 aliphatic carbocycles. The summed E-state index contributed by atoms with van der Waals surface area (Å²) in [6.07, 6.45) is 3.60. The van der Waals surface area contributed by atoms with E-state index in [0.717, 1.165) is 29.9 Å². The number of rotatable bonds is 4. The van der Waals surface area contributed by atoms with Crippen molar-refractivity contribution in [2.45, 2.75) is 24.9 Å². The lowest BCUT2D eigenvalue weighted by Gasteiger charge is -2.40. The average Bonchev–Trinajstić information content (AvgIpc) is 2.72. The van der Waals surface area contributed by atoms with E-state index in [4.69, 9.17) is 4.74 Å². The fraction of sp³-hybridized carbons (Fsp3) is 0.462. The van der Waals surface area contributed by atoms with Crippen LogP contribution in [-0.2, 0) is 4.74 Å². The highest BCUT2D eigenvalue weighted by Crippen LogP contribution is 2.36. The Labute approximate surface area is 105 Å². The summed E-state index contributed by atoms with van der Waals surface area (Å²) in [6.45, 7) is 0.885. The standard InChI is InChI=1S/C13H16N2OS/c1-16-13(7-4-8-13)9-14-12-10-5-2-3-6-11(10)15-17-12/h2-3,5-6,14H,4,7-9H2,1H3. The summed E-state index contributed by atoms with van der Waals surface area (Å²) in [4.78, 5) is 0. The van der Waals surface area contributed by atoms with Gasteiger partial charge in [-0.2, -0.15) is 4.37 Å². The number of fused-ring (bicyclic) bond motifs is 1. The number of aromatic nitrogens is 1. The monoisotopic (exact) mass is 248 g/mol. The number of nitrogens with one attached hydrogen (secondary N) is 1. The normalized spacial score (nSPS) is 17.9. The number of hydrogen-bond acceptors (Lipinski definition) is 4. The van der Waals surface area contributed by atoms with Gasteiger partial charge in [0, 0.05) is 19.0 Å². The smallest absolute Gasteiger partial charge is 0.117 e. The molecule has 90 valence electrons. The van der Waals surface area contributed by atoms with Crippen molar-refractivity contribution >= 4 is 27.4 Å². The summed E-state index contributed by atoms with van der Waals surface area (Å²) in [5.74, 6) is 0. The van der Waals surface area contributed by atoms with E-state index < -0.39 is 0 Å². The van der Waals surface area contributed by atoms with Crippen LogP contribution in [0.2, 0.25) is 0 Å². The van der Waals surface area contributed by atoms with Gasteiger partial charge in [0.15, 0.2) is 0 Å². The van der Waals surface area contributed by atoms with Crippen LogP contribution in [0.15, 0.2) is 24.3 Å². The number of methoxy groups -OCH3 is 1. The number of hydrogen-bond donors (Lipinski definition) is 1. The van der Waals surface area contributed by atoms with Crippen LogP contribution in [0.5, 0.6) is 0 Å². The molecule has 1 heterocycles. The lowest BCUT2D eigenvalue weighted by atomic mass is 9.80. The highest BCUT2D eigenvalue weighted by molar-refractivity contribution is 7.11. The minimum absolute atomic E-state index is 0.0606. The quantitative estimate of drug-likeness (QED) is 0.901. The molecule has 2 aromatic rings. The minimum Gasteiger partial charge on any atom is -0.376 e. The maximum atomic E-state index is 5.61. The second-order valence-electron chi connectivity index (χ2n) is 4.62. The van der Waals surface area contributed by atoms with Gasteiger partial charge in [0.2, 0.25) is 0 Å². The molecule has 1 aliphatic rings. The summed E-state index contributed by atoms with van der Waals surface area (Å²) in [7, 11) is 1.81.